The third-order valence-electron chi connectivity index (χ3n) is 5.95. The number of rotatable bonds is 6. The lowest BCUT2D eigenvalue weighted by Crippen LogP contribution is -2.30. The molecular formula is C24H22F6OS. The molecule has 1 nitrogen and oxygen atoms in total. The summed E-state index contributed by atoms with van der Waals surface area (Å²) in [4.78, 5) is 0.940. The van der Waals surface area contributed by atoms with E-state index in [1.807, 2.05) is 13.0 Å². The van der Waals surface area contributed by atoms with Gasteiger partial charge in [0.25, 0.3) is 0 Å². The van der Waals surface area contributed by atoms with Gasteiger partial charge >= 0.3 is 6.11 Å². The van der Waals surface area contributed by atoms with E-state index in [0.29, 0.717) is 23.8 Å². The number of benzene rings is 2. The van der Waals surface area contributed by atoms with Gasteiger partial charge in [0.15, 0.2) is 23.3 Å². The first kappa shape index (κ1) is 23.1. The molecule has 0 aliphatic heterocycles. The molecule has 32 heavy (non-hydrogen) atoms. The smallest absolute Gasteiger partial charge is 0.313 e. The van der Waals surface area contributed by atoms with Crippen LogP contribution in [0.25, 0.3) is 10.1 Å². The van der Waals surface area contributed by atoms with Crippen molar-refractivity contribution in [3.05, 3.63) is 69.6 Å². The fraction of sp³-hybridized carbons (Fsp3) is 0.417. The van der Waals surface area contributed by atoms with Crippen molar-refractivity contribution in [2.75, 3.05) is 0 Å². The zero-order chi connectivity index (χ0) is 23.0. The lowest BCUT2D eigenvalue weighted by molar-refractivity contribution is -0.278. The van der Waals surface area contributed by atoms with Crippen molar-refractivity contribution in [3.8, 4) is 0 Å². The number of hydrogen-bond acceptors (Lipinski definition) is 2. The fourth-order valence-corrected chi connectivity index (χ4v) is 5.51. The van der Waals surface area contributed by atoms with E-state index in [9.17, 15) is 26.3 Å². The summed E-state index contributed by atoms with van der Waals surface area (Å²) < 4.78 is 90.0. The molecule has 0 atom stereocenters. The SMILES string of the molecule is CCCc1cc2ccc(C(F)(F)OC3CCC(c4cc(F)c(F)c(F)c4)CC3)c(F)c2s1. The number of hydrogen-bond donors (Lipinski definition) is 0. The van der Waals surface area contributed by atoms with Crippen molar-refractivity contribution < 1.29 is 31.1 Å². The first-order valence-corrected chi connectivity index (χ1v) is 11.4. The van der Waals surface area contributed by atoms with Crippen LogP contribution in [0, 0.1) is 23.3 Å². The van der Waals surface area contributed by atoms with Crippen LogP contribution in [0.5, 0.6) is 0 Å². The maximum absolute atomic E-state index is 14.9. The highest BCUT2D eigenvalue weighted by Gasteiger charge is 2.40. The third-order valence-corrected chi connectivity index (χ3v) is 7.16. The van der Waals surface area contributed by atoms with E-state index < -0.39 is 41.0 Å². The lowest BCUT2D eigenvalue weighted by Gasteiger charge is -2.31. The first-order valence-electron chi connectivity index (χ1n) is 10.6. The summed E-state index contributed by atoms with van der Waals surface area (Å²) in [5, 5.41) is 0.592. The number of ether oxygens (including phenoxy) is 1. The predicted octanol–water partition coefficient (Wildman–Crippen LogP) is 8.20. The quantitative estimate of drug-likeness (QED) is 0.260. The molecule has 1 aliphatic carbocycles. The largest absolute Gasteiger partial charge is 0.386 e. The molecule has 1 aliphatic rings. The molecule has 1 saturated carbocycles. The maximum atomic E-state index is 14.9. The molecule has 0 amide bonds. The highest BCUT2D eigenvalue weighted by Crippen LogP contribution is 2.42. The van der Waals surface area contributed by atoms with E-state index in [0.717, 1.165) is 35.9 Å². The van der Waals surface area contributed by atoms with Crippen molar-refractivity contribution in [2.45, 2.75) is 63.6 Å². The van der Waals surface area contributed by atoms with Crippen LogP contribution in [-0.4, -0.2) is 6.10 Å². The Hall–Kier alpha value is -2.06. The van der Waals surface area contributed by atoms with Crippen LogP contribution < -0.4 is 0 Å². The summed E-state index contributed by atoms with van der Waals surface area (Å²) in [5.74, 6) is -5.33. The highest BCUT2D eigenvalue weighted by atomic mass is 32.1. The van der Waals surface area contributed by atoms with Crippen LogP contribution in [-0.2, 0) is 17.3 Å². The van der Waals surface area contributed by atoms with Gasteiger partial charge in [-0.3, -0.25) is 0 Å². The summed E-state index contributed by atoms with van der Waals surface area (Å²) in [5.41, 5.74) is -0.497. The Balaban J connectivity index is 1.46. The minimum absolute atomic E-state index is 0.193. The first-order chi connectivity index (χ1) is 15.2. The molecule has 0 spiro atoms. The Morgan fingerprint density at radius 1 is 0.938 bits per heavy atom. The number of alkyl halides is 2. The number of fused-ring (bicyclic) bond motifs is 1. The lowest BCUT2D eigenvalue weighted by atomic mass is 9.82. The minimum atomic E-state index is -3.81. The van der Waals surface area contributed by atoms with Gasteiger partial charge in [-0.25, -0.2) is 17.6 Å². The van der Waals surface area contributed by atoms with Crippen molar-refractivity contribution in [3.63, 3.8) is 0 Å². The van der Waals surface area contributed by atoms with E-state index in [2.05, 4.69) is 0 Å². The fourth-order valence-electron chi connectivity index (χ4n) is 4.31. The summed E-state index contributed by atoms with van der Waals surface area (Å²) in [7, 11) is 0. The maximum Gasteiger partial charge on any atom is 0.386 e. The van der Waals surface area contributed by atoms with Gasteiger partial charge in [0.2, 0.25) is 0 Å². The molecule has 3 aromatic rings. The summed E-state index contributed by atoms with van der Waals surface area (Å²) in [6.45, 7) is 1.99. The van der Waals surface area contributed by atoms with Gasteiger partial charge in [-0.15, -0.1) is 11.3 Å². The number of halogens is 6. The Morgan fingerprint density at radius 2 is 1.59 bits per heavy atom. The van der Waals surface area contributed by atoms with E-state index >= 15 is 0 Å². The second kappa shape index (κ2) is 9.06. The van der Waals surface area contributed by atoms with Gasteiger partial charge in [0, 0.05) is 4.88 Å². The van der Waals surface area contributed by atoms with Crippen LogP contribution in [0.15, 0.2) is 30.3 Å². The molecular weight excluding hydrogens is 450 g/mol. The molecule has 2 aromatic carbocycles. The van der Waals surface area contributed by atoms with E-state index in [-0.39, 0.29) is 23.5 Å². The number of aryl methyl sites for hydroxylation is 1. The minimum Gasteiger partial charge on any atom is -0.313 e. The average Bonchev–Trinajstić information content (AvgIpc) is 3.16. The normalized spacial score (nSPS) is 19.6. The average molecular weight is 472 g/mol. The van der Waals surface area contributed by atoms with Crippen molar-refractivity contribution >= 4 is 21.4 Å². The van der Waals surface area contributed by atoms with Gasteiger partial charge in [0.1, 0.15) is 0 Å². The van der Waals surface area contributed by atoms with Crippen LogP contribution in [0.3, 0.4) is 0 Å². The van der Waals surface area contributed by atoms with Crippen LogP contribution >= 0.6 is 11.3 Å². The molecule has 4 rings (SSSR count). The number of thiophene rings is 1. The monoisotopic (exact) mass is 472 g/mol. The van der Waals surface area contributed by atoms with Crippen molar-refractivity contribution in [1.82, 2.24) is 0 Å². The van der Waals surface area contributed by atoms with Crippen LogP contribution in [0.2, 0.25) is 0 Å². The topological polar surface area (TPSA) is 9.23 Å². The molecule has 172 valence electrons. The van der Waals surface area contributed by atoms with Gasteiger partial charge in [-0.2, -0.15) is 8.78 Å². The van der Waals surface area contributed by atoms with Gasteiger partial charge in [-0.1, -0.05) is 19.4 Å². The standard InChI is InChI=1S/C24H22F6OS/c1-2-3-17-10-14-6-9-18(21(27)23(14)32-17)24(29,30)31-16-7-4-13(5-8-16)15-11-19(25)22(28)20(26)12-15/h6,9-13,16H,2-5,7-8H2,1H3. The van der Waals surface area contributed by atoms with E-state index in [1.165, 1.54) is 17.4 Å². The molecule has 0 unspecified atom stereocenters. The van der Waals surface area contributed by atoms with Gasteiger partial charge < -0.3 is 4.74 Å². The molecule has 0 saturated heterocycles. The van der Waals surface area contributed by atoms with Gasteiger partial charge in [0.05, 0.1) is 16.4 Å². The van der Waals surface area contributed by atoms with Crippen molar-refractivity contribution in [1.29, 1.82) is 0 Å². The highest BCUT2D eigenvalue weighted by molar-refractivity contribution is 7.19. The summed E-state index contributed by atoms with van der Waals surface area (Å²) in [6, 6.07) is 6.25. The molecule has 1 heterocycles. The Kier molecular flexibility index (Phi) is 6.54. The zero-order valence-corrected chi connectivity index (χ0v) is 18.2. The predicted molar refractivity (Wildman–Crippen MR) is 112 cm³/mol. The summed E-state index contributed by atoms with van der Waals surface area (Å²) >= 11 is 1.17. The molecule has 0 N–H and O–H groups in total. The summed E-state index contributed by atoms with van der Waals surface area (Å²) in [6.07, 6.45) is -1.89. The molecule has 1 aromatic heterocycles. The molecule has 0 radical (unpaired) electrons. The second-order valence-electron chi connectivity index (χ2n) is 8.21. The Bertz CT molecular complexity index is 1090. The van der Waals surface area contributed by atoms with Crippen molar-refractivity contribution in [2.24, 2.45) is 0 Å². The molecule has 1 fully saturated rings. The Labute approximate surface area is 186 Å². The third kappa shape index (κ3) is 4.53. The van der Waals surface area contributed by atoms with E-state index in [4.69, 9.17) is 4.74 Å². The van der Waals surface area contributed by atoms with Crippen LogP contribution in [0.1, 0.15) is 60.9 Å². The Morgan fingerprint density at radius 3 is 2.22 bits per heavy atom. The second-order valence-corrected chi connectivity index (χ2v) is 9.35. The molecule has 8 heteroatoms. The van der Waals surface area contributed by atoms with Crippen LogP contribution in [0.4, 0.5) is 26.3 Å². The molecule has 0 bridgehead atoms. The van der Waals surface area contributed by atoms with E-state index in [1.54, 1.807) is 0 Å². The van der Waals surface area contributed by atoms with Gasteiger partial charge in [-0.05, 0) is 73.2 Å². The zero-order valence-electron chi connectivity index (χ0n) is 17.4.